The number of amides is 1. The molecule has 7 heteroatoms. The van der Waals surface area contributed by atoms with Gasteiger partial charge in [0.2, 0.25) is 0 Å². The van der Waals surface area contributed by atoms with E-state index in [0.29, 0.717) is 24.7 Å². The van der Waals surface area contributed by atoms with E-state index >= 15 is 0 Å². The fourth-order valence-electron chi connectivity index (χ4n) is 3.21. The molecule has 0 bridgehead atoms. The van der Waals surface area contributed by atoms with E-state index in [1.165, 1.54) is 12.1 Å². The van der Waals surface area contributed by atoms with Crippen LogP contribution in [0, 0.1) is 11.7 Å². The summed E-state index contributed by atoms with van der Waals surface area (Å²) < 4.78 is 25.3. The second-order valence-corrected chi connectivity index (χ2v) is 6.69. The molecule has 1 fully saturated rings. The maximum Gasteiger partial charge on any atom is 0.335 e. The van der Waals surface area contributed by atoms with Crippen molar-refractivity contribution in [2.75, 3.05) is 13.2 Å². The lowest BCUT2D eigenvalue weighted by atomic mass is 10.0. The Kier molecular flexibility index (Phi) is 4.43. The fourth-order valence-corrected chi connectivity index (χ4v) is 3.21. The fraction of sp³-hybridized carbons (Fsp3) is 0.300. The molecule has 0 saturated heterocycles. The maximum absolute atomic E-state index is 14.2. The molecule has 1 amide bonds. The van der Waals surface area contributed by atoms with Crippen LogP contribution in [-0.2, 0) is 0 Å². The molecule has 1 aliphatic heterocycles. The van der Waals surface area contributed by atoms with Crippen molar-refractivity contribution in [2.24, 2.45) is 5.92 Å². The predicted molar refractivity (Wildman–Crippen MR) is 93.7 cm³/mol. The Labute approximate surface area is 154 Å². The van der Waals surface area contributed by atoms with Gasteiger partial charge >= 0.3 is 5.97 Å². The maximum atomic E-state index is 14.2. The van der Waals surface area contributed by atoms with Crippen molar-refractivity contribution < 1.29 is 28.6 Å². The molecular weight excluding hydrogens is 353 g/mol. The number of carbonyl (C=O) groups excluding carboxylic acids is 1. The van der Waals surface area contributed by atoms with Gasteiger partial charge in [-0.3, -0.25) is 4.79 Å². The van der Waals surface area contributed by atoms with Gasteiger partial charge in [0.05, 0.1) is 17.2 Å². The summed E-state index contributed by atoms with van der Waals surface area (Å²) >= 11 is 0. The summed E-state index contributed by atoms with van der Waals surface area (Å²) in [7, 11) is 0. The molecule has 2 aromatic rings. The van der Waals surface area contributed by atoms with Crippen LogP contribution in [0.15, 0.2) is 36.4 Å². The molecule has 4 rings (SSSR count). The summed E-state index contributed by atoms with van der Waals surface area (Å²) in [5, 5.41) is 11.8. The average molecular weight is 371 g/mol. The third-order valence-electron chi connectivity index (χ3n) is 4.77. The highest BCUT2D eigenvalue weighted by atomic mass is 19.1. The van der Waals surface area contributed by atoms with E-state index < -0.39 is 17.7 Å². The Morgan fingerprint density at radius 1 is 1.07 bits per heavy atom. The second kappa shape index (κ2) is 6.90. The highest BCUT2D eigenvalue weighted by Gasteiger charge is 2.34. The van der Waals surface area contributed by atoms with E-state index in [9.17, 15) is 14.0 Å². The predicted octanol–water partition coefficient (Wildman–Crippen LogP) is 3.18. The number of nitrogens with one attached hydrogen (secondary N) is 1. The first-order valence-electron chi connectivity index (χ1n) is 8.76. The van der Waals surface area contributed by atoms with Crippen molar-refractivity contribution in [3.8, 4) is 11.5 Å². The number of rotatable bonds is 5. The zero-order valence-corrected chi connectivity index (χ0v) is 14.4. The van der Waals surface area contributed by atoms with Gasteiger partial charge in [-0.1, -0.05) is 6.07 Å². The number of carboxylic acids is 1. The molecule has 140 valence electrons. The first-order valence-corrected chi connectivity index (χ1v) is 8.76. The third-order valence-corrected chi connectivity index (χ3v) is 4.77. The highest BCUT2D eigenvalue weighted by molar-refractivity contribution is 5.96. The molecule has 2 aliphatic rings. The standard InChI is InChI=1S/C20H18FNO5/c21-15-9-13(20(24)25)3-5-14(15)19(23)22-18(11-1-2-11)12-4-6-16-17(10-12)27-8-7-26-16/h3-6,9-11,18H,1-2,7-8H2,(H,22,23)(H,24,25). The summed E-state index contributed by atoms with van der Waals surface area (Å²) in [6, 6.07) is 8.54. The Morgan fingerprint density at radius 3 is 2.48 bits per heavy atom. The number of halogens is 1. The molecule has 0 aromatic heterocycles. The van der Waals surface area contributed by atoms with E-state index in [4.69, 9.17) is 14.6 Å². The van der Waals surface area contributed by atoms with E-state index in [1.54, 1.807) is 0 Å². The molecule has 27 heavy (non-hydrogen) atoms. The Hall–Kier alpha value is -3.09. The van der Waals surface area contributed by atoms with E-state index in [-0.39, 0.29) is 23.1 Å². The Bertz CT molecular complexity index is 909. The summed E-state index contributed by atoms with van der Waals surface area (Å²) in [5.74, 6) is -1.09. The lowest BCUT2D eigenvalue weighted by Gasteiger charge is -2.23. The van der Waals surface area contributed by atoms with Crippen molar-refractivity contribution >= 4 is 11.9 Å². The summed E-state index contributed by atoms with van der Waals surface area (Å²) in [4.78, 5) is 23.5. The Balaban J connectivity index is 1.57. The van der Waals surface area contributed by atoms with Gasteiger partial charge in [-0.25, -0.2) is 9.18 Å². The minimum atomic E-state index is -1.24. The molecule has 0 radical (unpaired) electrons. The van der Waals surface area contributed by atoms with Gasteiger partial charge in [0.25, 0.3) is 5.91 Å². The molecule has 1 unspecified atom stereocenters. The van der Waals surface area contributed by atoms with Crippen LogP contribution in [0.2, 0.25) is 0 Å². The van der Waals surface area contributed by atoms with Crippen LogP contribution in [0.1, 0.15) is 45.2 Å². The molecular formula is C20H18FNO5. The first kappa shape index (κ1) is 17.3. The third kappa shape index (κ3) is 3.58. The molecule has 1 atom stereocenters. The number of hydrogen-bond donors (Lipinski definition) is 2. The average Bonchev–Trinajstić information content (AvgIpc) is 3.50. The molecule has 2 N–H and O–H groups in total. The van der Waals surface area contributed by atoms with Crippen LogP contribution in [0.4, 0.5) is 4.39 Å². The lowest BCUT2D eigenvalue weighted by Crippen LogP contribution is -2.30. The minimum Gasteiger partial charge on any atom is -0.486 e. The van der Waals surface area contributed by atoms with Crippen LogP contribution in [0.5, 0.6) is 11.5 Å². The van der Waals surface area contributed by atoms with E-state index in [1.807, 2.05) is 18.2 Å². The van der Waals surface area contributed by atoms with Crippen molar-refractivity contribution in [3.63, 3.8) is 0 Å². The molecule has 2 aromatic carbocycles. The summed E-state index contributed by atoms with van der Waals surface area (Å²) in [6.07, 6.45) is 1.94. The van der Waals surface area contributed by atoms with Crippen LogP contribution in [0.3, 0.4) is 0 Å². The molecule has 1 aliphatic carbocycles. The SMILES string of the molecule is O=C(O)c1ccc(C(=O)NC(c2ccc3c(c2)OCCO3)C2CC2)c(F)c1. The lowest BCUT2D eigenvalue weighted by molar-refractivity contribution is 0.0695. The number of ether oxygens (including phenoxy) is 2. The smallest absolute Gasteiger partial charge is 0.335 e. The highest BCUT2D eigenvalue weighted by Crippen LogP contribution is 2.43. The molecule has 1 saturated carbocycles. The van der Waals surface area contributed by atoms with Gasteiger partial charge in [-0.15, -0.1) is 0 Å². The largest absolute Gasteiger partial charge is 0.486 e. The van der Waals surface area contributed by atoms with Crippen LogP contribution in [-0.4, -0.2) is 30.2 Å². The number of hydrogen-bond acceptors (Lipinski definition) is 4. The molecule has 0 spiro atoms. The number of benzene rings is 2. The zero-order chi connectivity index (χ0) is 19.0. The zero-order valence-electron chi connectivity index (χ0n) is 14.4. The van der Waals surface area contributed by atoms with Crippen molar-refractivity contribution in [3.05, 3.63) is 58.9 Å². The van der Waals surface area contributed by atoms with Gasteiger partial charge in [0.15, 0.2) is 11.5 Å². The summed E-state index contributed by atoms with van der Waals surface area (Å²) in [6.45, 7) is 0.971. The van der Waals surface area contributed by atoms with Gasteiger partial charge in [0.1, 0.15) is 19.0 Å². The van der Waals surface area contributed by atoms with Gasteiger partial charge < -0.3 is 19.9 Å². The second-order valence-electron chi connectivity index (χ2n) is 6.69. The number of fused-ring (bicyclic) bond motifs is 1. The topological polar surface area (TPSA) is 84.9 Å². The molecule has 6 nitrogen and oxygen atoms in total. The monoisotopic (exact) mass is 371 g/mol. The minimum absolute atomic E-state index is 0.178. The van der Waals surface area contributed by atoms with Crippen LogP contribution >= 0.6 is 0 Å². The number of carboxylic acid groups (broad SMARTS) is 1. The van der Waals surface area contributed by atoms with E-state index in [2.05, 4.69) is 5.32 Å². The number of aromatic carboxylic acids is 1. The summed E-state index contributed by atoms with van der Waals surface area (Å²) in [5.41, 5.74) is 0.496. The van der Waals surface area contributed by atoms with Gasteiger partial charge in [0, 0.05) is 0 Å². The van der Waals surface area contributed by atoms with Crippen molar-refractivity contribution in [2.45, 2.75) is 18.9 Å². The molecule has 1 heterocycles. The van der Waals surface area contributed by atoms with Crippen molar-refractivity contribution in [1.82, 2.24) is 5.32 Å². The van der Waals surface area contributed by atoms with Gasteiger partial charge in [-0.2, -0.15) is 0 Å². The van der Waals surface area contributed by atoms with Crippen LogP contribution < -0.4 is 14.8 Å². The van der Waals surface area contributed by atoms with E-state index in [0.717, 1.165) is 24.5 Å². The van der Waals surface area contributed by atoms with Crippen molar-refractivity contribution in [1.29, 1.82) is 0 Å². The number of carbonyl (C=O) groups is 2. The quantitative estimate of drug-likeness (QED) is 0.843. The first-order chi connectivity index (χ1) is 13.0. The van der Waals surface area contributed by atoms with Crippen LogP contribution in [0.25, 0.3) is 0 Å². The van der Waals surface area contributed by atoms with Gasteiger partial charge in [-0.05, 0) is 54.7 Å². The normalized spacial score (nSPS) is 16.5. The Morgan fingerprint density at radius 2 is 1.81 bits per heavy atom.